The Morgan fingerprint density at radius 2 is 1.87 bits per heavy atom. The van der Waals surface area contributed by atoms with Crippen LogP contribution in [0.4, 0.5) is 0 Å². The van der Waals surface area contributed by atoms with Crippen molar-refractivity contribution in [3.63, 3.8) is 0 Å². The van der Waals surface area contributed by atoms with Crippen LogP contribution >= 0.6 is 11.6 Å². The summed E-state index contributed by atoms with van der Waals surface area (Å²) in [5, 5.41) is 0. The molecule has 0 saturated carbocycles. The van der Waals surface area contributed by atoms with Gasteiger partial charge in [-0.25, -0.2) is 8.42 Å². The molecule has 2 nitrogen and oxygen atoms in total. The average molecular weight is 247 g/mol. The number of alkyl halides is 1. The first-order valence-electron chi connectivity index (χ1n) is 4.81. The molecular weight excluding hydrogens is 232 g/mol. The van der Waals surface area contributed by atoms with Gasteiger partial charge in [0, 0.05) is 12.1 Å². The summed E-state index contributed by atoms with van der Waals surface area (Å²) in [7, 11) is -2.90. The van der Waals surface area contributed by atoms with Crippen molar-refractivity contribution in [3.8, 4) is 0 Å². The average Bonchev–Trinajstić information content (AvgIpc) is 2.19. The van der Waals surface area contributed by atoms with E-state index in [1.807, 2.05) is 30.3 Å². The Hall–Kier alpha value is -0.540. The second-order valence-electron chi connectivity index (χ2n) is 3.68. The number of halogens is 1. The first-order chi connectivity index (χ1) is 7.03. The maximum Gasteiger partial charge on any atom is 0.147 e. The normalized spacial score (nSPS) is 13.7. The summed E-state index contributed by atoms with van der Waals surface area (Å²) in [6, 6.07) is 9.78. The molecule has 0 N–H and O–H groups in total. The molecular formula is C11H15ClO2S. The highest BCUT2D eigenvalue weighted by molar-refractivity contribution is 7.90. The van der Waals surface area contributed by atoms with Gasteiger partial charge in [0.2, 0.25) is 0 Å². The quantitative estimate of drug-likeness (QED) is 0.748. The zero-order valence-corrected chi connectivity index (χ0v) is 10.3. The van der Waals surface area contributed by atoms with Gasteiger partial charge in [-0.15, -0.1) is 11.6 Å². The first kappa shape index (κ1) is 12.5. The lowest BCUT2D eigenvalue weighted by Crippen LogP contribution is -2.09. The maximum atomic E-state index is 11.0. The van der Waals surface area contributed by atoms with Gasteiger partial charge >= 0.3 is 0 Å². The number of hydrogen-bond acceptors (Lipinski definition) is 2. The largest absolute Gasteiger partial charge is 0.229 e. The van der Waals surface area contributed by atoms with Crippen LogP contribution in [0.1, 0.15) is 17.9 Å². The highest BCUT2D eigenvalue weighted by Gasteiger charge is 2.12. The lowest BCUT2D eigenvalue weighted by atomic mass is 9.99. The topological polar surface area (TPSA) is 34.1 Å². The third-order valence-corrected chi connectivity index (χ3v) is 3.64. The van der Waals surface area contributed by atoms with E-state index in [4.69, 9.17) is 11.6 Å². The summed E-state index contributed by atoms with van der Waals surface area (Å²) in [6.45, 7) is 0. The predicted molar refractivity (Wildman–Crippen MR) is 64.2 cm³/mol. The van der Waals surface area contributed by atoms with E-state index in [2.05, 4.69) is 0 Å². The molecule has 0 bridgehead atoms. The second kappa shape index (κ2) is 5.52. The number of rotatable bonds is 5. The second-order valence-corrected chi connectivity index (χ2v) is 6.25. The molecule has 0 radical (unpaired) electrons. The fraction of sp³-hybridized carbons (Fsp3) is 0.455. The molecule has 0 saturated heterocycles. The van der Waals surface area contributed by atoms with Crippen LogP contribution in [0.3, 0.4) is 0 Å². The molecule has 1 aromatic carbocycles. The van der Waals surface area contributed by atoms with Crippen molar-refractivity contribution in [2.24, 2.45) is 0 Å². The molecule has 15 heavy (non-hydrogen) atoms. The Kier molecular flexibility index (Phi) is 4.61. The van der Waals surface area contributed by atoms with Crippen LogP contribution in [0.15, 0.2) is 30.3 Å². The van der Waals surface area contributed by atoms with Crippen LogP contribution in [0.25, 0.3) is 0 Å². The predicted octanol–water partition coefficient (Wildman–Crippen LogP) is 2.44. The molecule has 1 atom stereocenters. The highest BCUT2D eigenvalue weighted by atomic mass is 35.5. The fourth-order valence-corrected chi connectivity index (χ4v) is 2.46. The highest BCUT2D eigenvalue weighted by Crippen LogP contribution is 2.21. The molecule has 84 valence electrons. The van der Waals surface area contributed by atoms with Crippen LogP contribution in [-0.2, 0) is 9.84 Å². The molecule has 4 heteroatoms. The van der Waals surface area contributed by atoms with E-state index in [1.54, 1.807) is 0 Å². The van der Waals surface area contributed by atoms with E-state index >= 15 is 0 Å². The number of sulfone groups is 1. The Labute approximate surface area is 96.2 Å². The molecule has 0 amide bonds. The maximum absolute atomic E-state index is 11.0. The van der Waals surface area contributed by atoms with Gasteiger partial charge in [-0.05, 0) is 17.9 Å². The number of hydrogen-bond donors (Lipinski definition) is 0. The van der Waals surface area contributed by atoms with E-state index in [9.17, 15) is 8.42 Å². The zero-order valence-electron chi connectivity index (χ0n) is 8.69. The molecule has 0 aliphatic heterocycles. The Bertz CT molecular complexity index is 386. The van der Waals surface area contributed by atoms with Gasteiger partial charge in [-0.3, -0.25) is 0 Å². The van der Waals surface area contributed by atoms with Crippen molar-refractivity contribution in [2.75, 3.05) is 17.9 Å². The molecule has 0 heterocycles. The third kappa shape index (κ3) is 4.67. The molecule has 0 aliphatic carbocycles. The van der Waals surface area contributed by atoms with Gasteiger partial charge in [0.1, 0.15) is 9.84 Å². The summed E-state index contributed by atoms with van der Waals surface area (Å²) in [5.41, 5.74) is 1.11. The molecule has 0 aromatic heterocycles. The van der Waals surface area contributed by atoms with Crippen LogP contribution in [0.2, 0.25) is 0 Å². The summed E-state index contributed by atoms with van der Waals surface area (Å²) in [6.07, 6.45) is 1.84. The van der Waals surface area contributed by atoms with Crippen LogP contribution in [-0.4, -0.2) is 26.3 Å². The molecule has 0 aliphatic rings. The van der Waals surface area contributed by atoms with E-state index in [0.29, 0.717) is 12.3 Å². The zero-order chi connectivity index (χ0) is 11.3. The van der Waals surface area contributed by atoms with E-state index < -0.39 is 9.84 Å². The first-order valence-corrected chi connectivity index (χ1v) is 7.41. The van der Waals surface area contributed by atoms with E-state index in [0.717, 1.165) is 5.56 Å². The molecule has 1 unspecified atom stereocenters. The van der Waals surface area contributed by atoms with E-state index in [-0.39, 0.29) is 11.7 Å². The van der Waals surface area contributed by atoms with Crippen LogP contribution < -0.4 is 0 Å². The SMILES string of the molecule is CS(=O)(=O)CCC(CCl)c1ccccc1. The molecule has 0 spiro atoms. The molecule has 1 rings (SSSR count). The minimum atomic E-state index is -2.90. The van der Waals surface area contributed by atoms with Crippen molar-refractivity contribution in [1.29, 1.82) is 0 Å². The van der Waals surface area contributed by atoms with Gasteiger partial charge in [0.15, 0.2) is 0 Å². The lowest BCUT2D eigenvalue weighted by Gasteiger charge is -2.13. The Balaban J connectivity index is 2.66. The third-order valence-electron chi connectivity index (χ3n) is 2.29. The van der Waals surface area contributed by atoms with E-state index in [1.165, 1.54) is 6.26 Å². The van der Waals surface area contributed by atoms with Gasteiger partial charge < -0.3 is 0 Å². The van der Waals surface area contributed by atoms with Gasteiger partial charge in [-0.1, -0.05) is 30.3 Å². The molecule has 1 aromatic rings. The van der Waals surface area contributed by atoms with Crippen LogP contribution in [0.5, 0.6) is 0 Å². The molecule has 0 fully saturated rings. The van der Waals surface area contributed by atoms with Crippen molar-refractivity contribution < 1.29 is 8.42 Å². The summed E-state index contributed by atoms with van der Waals surface area (Å²) in [5.74, 6) is 0.779. The fourth-order valence-electron chi connectivity index (χ4n) is 1.41. The van der Waals surface area contributed by atoms with Crippen LogP contribution in [0, 0.1) is 0 Å². The standard InChI is InChI=1S/C11H15ClO2S/c1-15(13,14)8-7-11(9-12)10-5-3-2-4-6-10/h2-6,11H,7-9H2,1H3. The number of benzene rings is 1. The van der Waals surface area contributed by atoms with Gasteiger partial charge in [-0.2, -0.15) is 0 Å². The monoisotopic (exact) mass is 246 g/mol. The summed E-state index contributed by atoms with van der Waals surface area (Å²) >= 11 is 5.84. The van der Waals surface area contributed by atoms with Gasteiger partial charge in [0.05, 0.1) is 5.75 Å². The van der Waals surface area contributed by atoms with Gasteiger partial charge in [0.25, 0.3) is 0 Å². The summed E-state index contributed by atoms with van der Waals surface area (Å²) < 4.78 is 22.1. The summed E-state index contributed by atoms with van der Waals surface area (Å²) in [4.78, 5) is 0. The van der Waals surface area contributed by atoms with Crippen molar-refractivity contribution >= 4 is 21.4 Å². The van der Waals surface area contributed by atoms with Crippen molar-refractivity contribution in [1.82, 2.24) is 0 Å². The van der Waals surface area contributed by atoms with Crippen molar-refractivity contribution in [2.45, 2.75) is 12.3 Å². The minimum Gasteiger partial charge on any atom is -0.229 e. The Morgan fingerprint density at radius 3 is 2.33 bits per heavy atom. The smallest absolute Gasteiger partial charge is 0.147 e. The Morgan fingerprint density at radius 1 is 1.27 bits per heavy atom. The van der Waals surface area contributed by atoms with Crippen molar-refractivity contribution in [3.05, 3.63) is 35.9 Å². The lowest BCUT2D eigenvalue weighted by molar-refractivity contribution is 0.594. The minimum absolute atomic E-state index is 0.127.